The van der Waals surface area contributed by atoms with E-state index in [1.165, 1.54) is 70.6 Å². The Kier molecular flexibility index (Phi) is 40.1. The van der Waals surface area contributed by atoms with E-state index in [0.29, 0.717) is 12.8 Å². The molecular weight excluding hydrogens is 673 g/mol. The summed E-state index contributed by atoms with van der Waals surface area (Å²) in [7, 11) is 0. The molecule has 0 spiro atoms. The average Bonchev–Trinajstić information content (AvgIpc) is 3.17. The third-order valence-corrected chi connectivity index (χ3v) is 8.98. The summed E-state index contributed by atoms with van der Waals surface area (Å²) < 4.78 is 16.5. The third-order valence-electron chi connectivity index (χ3n) is 8.98. The maximum Gasteiger partial charge on any atom is 0.309 e. The molecule has 308 valence electrons. The summed E-state index contributed by atoms with van der Waals surface area (Å²) >= 11 is 0. The van der Waals surface area contributed by atoms with Crippen molar-refractivity contribution in [3.05, 3.63) is 72.9 Å². The van der Waals surface area contributed by atoms with Crippen molar-refractivity contribution in [3.63, 3.8) is 0 Å². The Morgan fingerprint density at radius 2 is 0.796 bits per heavy atom. The summed E-state index contributed by atoms with van der Waals surface area (Å²) in [6.45, 7) is 6.33. The molecule has 0 N–H and O–H groups in total. The first-order valence-electron chi connectivity index (χ1n) is 21.9. The summed E-state index contributed by atoms with van der Waals surface area (Å²) in [5, 5.41) is 0. The van der Waals surface area contributed by atoms with Crippen LogP contribution in [0.4, 0.5) is 0 Å². The number of esters is 3. The van der Waals surface area contributed by atoms with Crippen LogP contribution in [0.2, 0.25) is 0 Å². The largest absolute Gasteiger partial charge is 0.462 e. The highest BCUT2D eigenvalue weighted by atomic mass is 16.6. The average molecular weight is 753 g/mol. The highest BCUT2D eigenvalue weighted by Gasteiger charge is 2.19. The molecule has 0 aliphatic carbocycles. The molecule has 6 nitrogen and oxygen atoms in total. The van der Waals surface area contributed by atoms with Crippen LogP contribution < -0.4 is 0 Å². The van der Waals surface area contributed by atoms with Crippen molar-refractivity contribution < 1.29 is 28.6 Å². The molecule has 0 amide bonds. The van der Waals surface area contributed by atoms with E-state index in [2.05, 4.69) is 81.5 Å². The molecule has 1 atom stereocenters. The quantitative estimate of drug-likeness (QED) is 0.0270. The van der Waals surface area contributed by atoms with Crippen LogP contribution in [0.1, 0.15) is 194 Å². The Bertz CT molecular complexity index is 1050. The van der Waals surface area contributed by atoms with Crippen molar-refractivity contribution in [1.82, 2.24) is 0 Å². The molecule has 54 heavy (non-hydrogen) atoms. The van der Waals surface area contributed by atoms with Gasteiger partial charge in [0.15, 0.2) is 6.10 Å². The number of ether oxygens (including phenoxy) is 3. The lowest BCUT2D eigenvalue weighted by molar-refractivity contribution is -0.166. The topological polar surface area (TPSA) is 78.9 Å². The van der Waals surface area contributed by atoms with Crippen LogP contribution in [0.15, 0.2) is 72.9 Å². The summed E-state index contributed by atoms with van der Waals surface area (Å²) in [5.41, 5.74) is 0. The van der Waals surface area contributed by atoms with E-state index < -0.39 is 12.1 Å². The minimum absolute atomic E-state index is 0.109. The van der Waals surface area contributed by atoms with Gasteiger partial charge < -0.3 is 14.2 Å². The maximum absolute atomic E-state index is 12.7. The van der Waals surface area contributed by atoms with Crippen molar-refractivity contribution in [2.24, 2.45) is 0 Å². The van der Waals surface area contributed by atoms with Crippen LogP contribution in [0.5, 0.6) is 0 Å². The van der Waals surface area contributed by atoms with Gasteiger partial charge >= 0.3 is 17.9 Å². The number of carbonyl (C=O) groups excluding carboxylic acids is 3. The number of allylic oxidation sites excluding steroid dienone is 11. The molecule has 0 aromatic heterocycles. The lowest BCUT2D eigenvalue weighted by Crippen LogP contribution is -2.30. The minimum atomic E-state index is -0.813. The van der Waals surface area contributed by atoms with Gasteiger partial charge in [-0.2, -0.15) is 0 Å². The van der Waals surface area contributed by atoms with Crippen LogP contribution in [0.25, 0.3) is 0 Å². The SMILES string of the molecule is CC/C=C\C/C=C\C/C=C\C/C=C\C/C=C\CC(=O)OCC(COC(=O)CCCCCCCC)OC(=O)CCCCCCC/C=C\CCCCCCCC. The molecular formula is C48H80O6. The van der Waals surface area contributed by atoms with Crippen LogP contribution in [0, 0.1) is 0 Å². The van der Waals surface area contributed by atoms with Crippen LogP contribution in [-0.4, -0.2) is 37.2 Å². The van der Waals surface area contributed by atoms with Gasteiger partial charge in [-0.3, -0.25) is 14.4 Å². The monoisotopic (exact) mass is 753 g/mol. The van der Waals surface area contributed by atoms with Crippen LogP contribution in [0.3, 0.4) is 0 Å². The van der Waals surface area contributed by atoms with Crippen LogP contribution in [-0.2, 0) is 28.6 Å². The van der Waals surface area contributed by atoms with E-state index in [4.69, 9.17) is 14.2 Å². The van der Waals surface area contributed by atoms with Crippen molar-refractivity contribution in [2.75, 3.05) is 13.2 Å². The molecule has 0 fully saturated rings. The van der Waals surface area contributed by atoms with E-state index in [1.807, 2.05) is 6.08 Å². The Morgan fingerprint density at radius 1 is 0.407 bits per heavy atom. The highest BCUT2D eigenvalue weighted by Crippen LogP contribution is 2.12. The molecule has 0 saturated carbocycles. The number of unbranched alkanes of at least 4 members (excludes halogenated alkanes) is 16. The van der Waals surface area contributed by atoms with Crippen molar-refractivity contribution in [1.29, 1.82) is 0 Å². The van der Waals surface area contributed by atoms with Gasteiger partial charge in [-0.15, -0.1) is 0 Å². The first-order chi connectivity index (χ1) is 26.5. The Hall–Kier alpha value is -3.15. The Labute approximate surface area is 332 Å². The summed E-state index contributed by atoms with van der Waals surface area (Å²) in [6.07, 6.45) is 52.1. The third kappa shape index (κ3) is 40.0. The number of hydrogen-bond acceptors (Lipinski definition) is 6. The van der Waals surface area contributed by atoms with Gasteiger partial charge in [-0.1, -0.05) is 177 Å². The summed E-state index contributed by atoms with van der Waals surface area (Å²) in [6, 6.07) is 0. The zero-order valence-corrected chi connectivity index (χ0v) is 35.0. The normalized spacial score (nSPS) is 12.7. The predicted molar refractivity (Wildman–Crippen MR) is 228 cm³/mol. The summed E-state index contributed by atoms with van der Waals surface area (Å²) in [5.74, 6) is -1.07. The fraction of sp³-hybridized carbons (Fsp3) is 0.688. The van der Waals surface area contributed by atoms with E-state index in [1.54, 1.807) is 6.08 Å². The maximum atomic E-state index is 12.7. The van der Waals surface area contributed by atoms with Gasteiger partial charge in [-0.25, -0.2) is 0 Å². The fourth-order valence-corrected chi connectivity index (χ4v) is 5.68. The van der Waals surface area contributed by atoms with Gasteiger partial charge in [0.1, 0.15) is 13.2 Å². The van der Waals surface area contributed by atoms with E-state index in [0.717, 1.165) is 83.5 Å². The molecule has 0 bridgehead atoms. The van der Waals surface area contributed by atoms with Gasteiger partial charge in [-0.05, 0) is 70.6 Å². The first-order valence-corrected chi connectivity index (χ1v) is 21.9. The molecule has 0 aliphatic rings. The van der Waals surface area contributed by atoms with Crippen molar-refractivity contribution >= 4 is 17.9 Å². The van der Waals surface area contributed by atoms with Gasteiger partial charge in [0, 0.05) is 12.8 Å². The number of hydrogen-bond donors (Lipinski definition) is 0. The Morgan fingerprint density at radius 3 is 1.28 bits per heavy atom. The van der Waals surface area contributed by atoms with E-state index in [9.17, 15) is 14.4 Å². The molecule has 0 rings (SSSR count). The smallest absolute Gasteiger partial charge is 0.309 e. The minimum Gasteiger partial charge on any atom is -0.462 e. The van der Waals surface area contributed by atoms with Crippen molar-refractivity contribution in [3.8, 4) is 0 Å². The zero-order chi connectivity index (χ0) is 39.4. The summed E-state index contributed by atoms with van der Waals surface area (Å²) in [4.78, 5) is 37.4. The molecule has 0 heterocycles. The first kappa shape index (κ1) is 50.9. The second kappa shape index (κ2) is 42.6. The van der Waals surface area contributed by atoms with Crippen molar-refractivity contribution in [2.45, 2.75) is 200 Å². The standard InChI is InChI=1S/C48H80O6/c1-4-7-10-13-16-18-20-22-24-26-28-30-32-35-38-41-47(50)53-44-45(43-52-46(49)40-37-34-15-12-9-6-3)54-48(51)42-39-36-33-31-29-27-25-23-21-19-17-14-11-8-5-2/h7,10,16,18,22-25,28,30,35,38,45H,4-6,8-9,11-15,17,19-21,26-27,29,31-34,36-37,39-44H2,1-3H3/b10-7-,18-16-,24-22-,25-23-,30-28-,38-35-. The molecule has 0 aliphatic heterocycles. The van der Waals surface area contributed by atoms with Crippen LogP contribution >= 0.6 is 0 Å². The van der Waals surface area contributed by atoms with Gasteiger partial charge in [0.2, 0.25) is 0 Å². The molecule has 1 unspecified atom stereocenters. The van der Waals surface area contributed by atoms with E-state index in [-0.39, 0.29) is 31.6 Å². The molecule has 0 saturated heterocycles. The lowest BCUT2D eigenvalue weighted by atomic mass is 10.1. The molecule has 0 aromatic rings. The van der Waals surface area contributed by atoms with Gasteiger partial charge in [0.25, 0.3) is 0 Å². The highest BCUT2D eigenvalue weighted by molar-refractivity contribution is 5.72. The predicted octanol–water partition coefficient (Wildman–Crippen LogP) is 13.9. The zero-order valence-electron chi connectivity index (χ0n) is 35.0. The second-order valence-corrected chi connectivity index (χ2v) is 14.2. The van der Waals surface area contributed by atoms with E-state index >= 15 is 0 Å². The lowest BCUT2D eigenvalue weighted by Gasteiger charge is -2.18. The van der Waals surface area contributed by atoms with Gasteiger partial charge in [0.05, 0.1) is 6.42 Å². The number of rotatable bonds is 38. The molecule has 0 radical (unpaired) electrons. The second-order valence-electron chi connectivity index (χ2n) is 14.2. The molecule has 6 heteroatoms. The molecule has 0 aromatic carbocycles. The number of carbonyl (C=O) groups is 3. The fourth-order valence-electron chi connectivity index (χ4n) is 5.68. The Balaban J connectivity index is 4.44.